The van der Waals surface area contributed by atoms with E-state index < -0.39 is 0 Å². The number of benzene rings is 3. The third kappa shape index (κ3) is 3.04. The fraction of sp³-hybridized carbons (Fsp3) is 0.182. The summed E-state index contributed by atoms with van der Waals surface area (Å²) in [6.07, 6.45) is 0. The minimum Gasteiger partial charge on any atom is -0.345 e. The molecule has 0 unspecified atom stereocenters. The quantitative estimate of drug-likeness (QED) is 0.522. The van der Waals surface area contributed by atoms with Gasteiger partial charge < -0.3 is 9.80 Å². The maximum absolute atomic E-state index is 12.9. The van der Waals surface area contributed by atoms with Crippen LogP contribution < -0.4 is 4.90 Å². The van der Waals surface area contributed by atoms with Crippen LogP contribution in [-0.4, -0.2) is 42.0 Å². The molecular weight excluding hydrogens is 354 g/mol. The average Bonchev–Trinajstić information content (AvgIpc) is 3.17. The van der Waals surface area contributed by atoms with E-state index >= 15 is 0 Å². The van der Waals surface area contributed by atoms with E-state index in [1.165, 1.54) is 4.70 Å². The van der Waals surface area contributed by atoms with Crippen LogP contribution in [0.15, 0.2) is 66.7 Å². The summed E-state index contributed by atoms with van der Waals surface area (Å²) in [5.41, 5.74) is 1.81. The Labute approximate surface area is 161 Å². The highest BCUT2D eigenvalue weighted by atomic mass is 32.1. The summed E-state index contributed by atoms with van der Waals surface area (Å²) in [5.74, 6) is 0.115. The highest BCUT2D eigenvalue weighted by Gasteiger charge is 2.24. The molecule has 1 aromatic heterocycles. The number of aromatic nitrogens is 1. The van der Waals surface area contributed by atoms with E-state index in [4.69, 9.17) is 4.98 Å². The van der Waals surface area contributed by atoms with Crippen molar-refractivity contribution in [2.45, 2.75) is 0 Å². The average molecular weight is 373 g/mol. The van der Waals surface area contributed by atoms with Gasteiger partial charge in [0.25, 0.3) is 5.91 Å². The topological polar surface area (TPSA) is 36.4 Å². The summed E-state index contributed by atoms with van der Waals surface area (Å²) in [6.45, 7) is 3.08. The van der Waals surface area contributed by atoms with E-state index in [1.54, 1.807) is 11.3 Å². The molecule has 4 aromatic rings. The van der Waals surface area contributed by atoms with Crippen LogP contribution in [0.5, 0.6) is 0 Å². The number of fused-ring (bicyclic) bond motifs is 2. The SMILES string of the molecule is O=C(c1ccc2ccccc2c1)N1CCN(c2nc3ccccc3s2)CC1. The molecule has 27 heavy (non-hydrogen) atoms. The van der Waals surface area contributed by atoms with Crippen molar-refractivity contribution in [1.82, 2.24) is 9.88 Å². The number of carbonyl (C=O) groups is 1. The molecule has 4 nitrogen and oxygen atoms in total. The van der Waals surface area contributed by atoms with Gasteiger partial charge in [-0.3, -0.25) is 4.79 Å². The molecule has 0 bridgehead atoms. The van der Waals surface area contributed by atoms with Crippen LogP contribution in [0.1, 0.15) is 10.4 Å². The number of thiazole rings is 1. The van der Waals surface area contributed by atoms with Crippen molar-refractivity contribution < 1.29 is 4.79 Å². The van der Waals surface area contributed by atoms with Gasteiger partial charge in [-0.05, 0) is 35.0 Å². The first-order chi connectivity index (χ1) is 13.3. The third-order valence-electron chi connectivity index (χ3n) is 5.12. The maximum Gasteiger partial charge on any atom is 0.253 e. The number of para-hydroxylation sites is 1. The summed E-state index contributed by atoms with van der Waals surface area (Å²) in [7, 11) is 0. The van der Waals surface area contributed by atoms with Crippen molar-refractivity contribution in [3.63, 3.8) is 0 Å². The first kappa shape index (κ1) is 16.3. The molecule has 0 saturated carbocycles. The molecule has 3 aromatic carbocycles. The Bertz CT molecular complexity index is 1100. The highest BCUT2D eigenvalue weighted by molar-refractivity contribution is 7.22. The lowest BCUT2D eigenvalue weighted by Gasteiger charge is -2.34. The second-order valence-electron chi connectivity index (χ2n) is 6.81. The van der Waals surface area contributed by atoms with Crippen LogP contribution in [-0.2, 0) is 0 Å². The Morgan fingerprint density at radius 2 is 1.59 bits per heavy atom. The van der Waals surface area contributed by atoms with Crippen LogP contribution in [0.4, 0.5) is 5.13 Å². The van der Waals surface area contributed by atoms with Crippen molar-refractivity contribution in [2.24, 2.45) is 0 Å². The number of piperazine rings is 1. The third-order valence-corrected chi connectivity index (χ3v) is 6.21. The predicted octanol–water partition coefficient (Wildman–Crippen LogP) is 4.41. The first-order valence-corrected chi connectivity index (χ1v) is 9.98. The summed E-state index contributed by atoms with van der Waals surface area (Å²) >= 11 is 1.72. The lowest BCUT2D eigenvalue weighted by atomic mass is 10.1. The summed E-state index contributed by atoms with van der Waals surface area (Å²) in [6, 6.07) is 22.3. The van der Waals surface area contributed by atoms with E-state index in [-0.39, 0.29) is 5.91 Å². The molecule has 1 saturated heterocycles. The second-order valence-corrected chi connectivity index (χ2v) is 7.81. The molecule has 0 atom stereocenters. The summed E-state index contributed by atoms with van der Waals surface area (Å²) < 4.78 is 1.21. The largest absolute Gasteiger partial charge is 0.345 e. The molecule has 0 aliphatic carbocycles. The lowest BCUT2D eigenvalue weighted by Crippen LogP contribution is -2.48. The Morgan fingerprint density at radius 1 is 0.852 bits per heavy atom. The Kier molecular flexibility index (Phi) is 4.02. The fourth-order valence-electron chi connectivity index (χ4n) is 3.60. The van der Waals surface area contributed by atoms with Gasteiger partial charge >= 0.3 is 0 Å². The number of rotatable bonds is 2. The molecule has 5 rings (SSSR count). The maximum atomic E-state index is 12.9. The van der Waals surface area contributed by atoms with Gasteiger partial charge in [0.15, 0.2) is 5.13 Å². The van der Waals surface area contributed by atoms with Crippen LogP contribution in [0, 0.1) is 0 Å². The zero-order valence-corrected chi connectivity index (χ0v) is 15.7. The zero-order chi connectivity index (χ0) is 18.2. The summed E-state index contributed by atoms with van der Waals surface area (Å²) in [4.78, 5) is 21.9. The minimum absolute atomic E-state index is 0.115. The second kappa shape index (κ2) is 6.67. The molecular formula is C22H19N3OS. The number of hydrogen-bond acceptors (Lipinski definition) is 4. The van der Waals surface area contributed by atoms with Crippen molar-refractivity contribution in [3.05, 3.63) is 72.3 Å². The standard InChI is InChI=1S/C22H19N3OS/c26-21(18-10-9-16-5-1-2-6-17(16)15-18)24-11-13-25(14-12-24)22-23-19-7-3-4-8-20(19)27-22/h1-10,15H,11-14H2. The highest BCUT2D eigenvalue weighted by Crippen LogP contribution is 2.29. The van der Waals surface area contributed by atoms with E-state index in [2.05, 4.69) is 29.2 Å². The van der Waals surface area contributed by atoms with Crippen molar-refractivity contribution in [1.29, 1.82) is 0 Å². The van der Waals surface area contributed by atoms with Crippen molar-refractivity contribution in [3.8, 4) is 0 Å². The number of hydrogen-bond donors (Lipinski definition) is 0. The molecule has 0 N–H and O–H groups in total. The lowest BCUT2D eigenvalue weighted by molar-refractivity contribution is 0.0747. The van der Waals surface area contributed by atoms with Crippen LogP contribution in [0.2, 0.25) is 0 Å². The molecule has 0 radical (unpaired) electrons. The van der Waals surface area contributed by atoms with Crippen molar-refractivity contribution >= 4 is 43.4 Å². The van der Waals surface area contributed by atoms with E-state index in [0.29, 0.717) is 0 Å². The van der Waals surface area contributed by atoms with Gasteiger partial charge in [0, 0.05) is 31.7 Å². The molecule has 1 aliphatic heterocycles. The van der Waals surface area contributed by atoms with E-state index in [1.807, 2.05) is 47.4 Å². The Morgan fingerprint density at radius 3 is 2.41 bits per heavy atom. The zero-order valence-electron chi connectivity index (χ0n) is 14.8. The minimum atomic E-state index is 0.115. The summed E-state index contributed by atoms with van der Waals surface area (Å²) in [5, 5.41) is 3.32. The van der Waals surface area contributed by atoms with Gasteiger partial charge in [-0.15, -0.1) is 0 Å². The Hall–Kier alpha value is -2.92. The van der Waals surface area contributed by atoms with E-state index in [0.717, 1.165) is 53.2 Å². The monoisotopic (exact) mass is 373 g/mol. The van der Waals surface area contributed by atoms with E-state index in [9.17, 15) is 4.79 Å². The molecule has 1 fully saturated rings. The van der Waals surface area contributed by atoms with Crippen LogP contribution in [0.3, 0.4) is 0 Å². The Balaban J connectivity index is 1.31. The first-order valence-electron chi connectivity index (χ1n) is 9.16. The van der Waals surface area contributed by atoms with Gasteiger partial charge in [0.05, 0.1) is 10.2 Å². The fourth-order valence-corrected chi connectivity index (χ4v) is 4.62. The molecule has 1 aliphatic rings. The molecule has 0 spiro atoms. The predicted molar refractivity (Wildman–Crippen MR) is 112 cm³/mol. The molecule has 1 amide bonds. The normalized spacial score (nSPS) is 14.8. The number of amides is 1. The van der Waals surface area contributed by atoms with Gasteiger partial charge in [0.1, 0.15) is 0 Å². The molecule has 5 heteroatoms. The van der Waals surface area contributed by atoms with Crippen LogP contribution >= 0.6 is 11.3 Å². The number of carbonyl (C=O) groups excluding carboxylic acids is 1. The van der Waals surface area contributed by atoms with Gasteiger partial charge in [0.2, 0.25) is 0 Å². The number of anilines is 1. The van der Waals surface area contributed by atoms with Gasteiger partial charge in [-0.25, -0.2) is 4.98 Å². The van der Waals surface area contributed by atoms with Gasteiger partial charge in [-0.2, -0.15) is 0 Å². The van der Waals surface area contributed by atoms with Gasteiger partial charge in [-0.1, -0.05) is 53.8 Å². The number of nitrogens with zero attached hydrogens (tertiary/aromatic N) is 3. The molecule has 134 valence electrons. The molecule has 2 heterocycles. The smallest absolute Gasteiger partial charge is 0.253 e. The van der Waals surface area contributed by atoms with Crippen molar-refractivity contribution in [2.75, 3.05) is 31.1 Å². The van der Waals surface area contributed by atoms with Crippen LogP contribution in [0.25, 0.3) is 21.0 Å².